The van der Waals surface area contributed by atoms with Gasteiger partial charge < -0.3 is 25.4 Å². The molecule has 1 saturated carbocycles. The van der Waals surface area contributed by atoms with Gasteiger partial charge in [-0.05, 0) is 56.4 Å². The molecule has 2 aromatic heterocycles. The van der Waals surface area contributed by atoms with Crippen molar-refractivity contribution in [2.75, 3.05) is 63.2 Å². The number of morpholine rings is 1. The van der Waals surface area contributed by atoms with Crippen molar-refractivity contribution in [1.82, 2.24) is 29.5 Å². The molecule has 0 spiro atoms. The molecule has 6 aliphatic rings. The Balaban J connectivity index is 1.22. The maximum Gasteiger partial charge on any atom is 0.319 e. The highest BCUT2D eigenvalue weighted by atomic mass is 32.2. The number of aromatic nitrogens is 3. The zero-order valence-corrected chi connectivity index (χ0v) is 27.3. The number of halogens is 2. The summed E-state index contributed by atoms with van der Waals surface area (Å²) in [7, 11) is -4.21. The largest absolute Gasteiger partial charge is 0.461 e. The fraction of sp³-hybridized carbons (Fsp3) is 0.581. The van der Waals surface area contributed by atoms with Crippen LogP contribution in [0.5, 0.6) is 6.01 Å². The van der Waals surface area contributed by atoms with Gasteiger partial charge in [-0.3, -0.25) is 9.21 Å². The maximum atomic E-state index is 14.9. The van der Waals surface area contributed by atoms with Crippen LogP contribution in [-0.2, 0) is 14.8 Å². The second-order valence-electron chi connectivity index (χ2n) is 13.7. The number of hydrogen-bond donors (Lipinski definition) is 2. The number of nitrogens with two attached hydrogens (primary N) is 1. The molecule has 2 unspecified atom stereocenters. The number of benzene rings is 1. The Morgan fingerprint density at radius 2 is 1.98 bits per heavy atom. The van der Waals surface area contributed by atoms with E-state index < -0.39 is 27.6 Å². The number of nitrogens with one attached hydrogen (secondary N) is 1. The number of nitrogens with zero attached hydrogens (tertiary/aromatic N) is 6. The molecule has 0 amide bonds. The summed E-state index contributed by atoms with van der Waals surface area (Å²) in [5.74, 6) is 0.0185. The van der Waals surface area contributed by atoms with Gasteiger partial charge >= 0.3 is 6.01 Å². The molecular weight excluding hydrogens is 651 g/mol. The molecule has 1 aliphatic carbocycles. The first-order valence-electron chi connectivity index (χ1n) is 16.3. The van der Waals surface area contributed by atoms with Crippen LogP contribution in [-0.4, -0.2) is 109 Å². The molecule has 47 heavy (non-hydrogen) atoms. The lowest BCUT2D eigenvalue weighted by Gasteiger charge is -2.47. The minimum absolute atomic E-state index is 0.0227. The topological polar surface area (TPSA) is 139 Å². The molecule has 3 N–H and O–H groups in total. The first-order valence-corrected chi connectivity index (χ1v) is 18.6. The summed E-state index contributed by atoms with van der Waals surface area (Å²) >= 11 is 1.02. The third-order valence-electron chi connectivity index (χ3n) is 10.5. The summed E-state index contributed by atoms with van der Waals surface area (Å²) in [4.78, 5) is 18.2. The number of alkyl halides is 1. The molecule has 3 aromatic rings. The Morgan fingerprint density at radius 1 is 1.17 bits per heavy atom. The van der Waals surface area contributed by atoms with E-state index in [1.807, 2.05) is 0 Å². The minimum Gasteiger partial charge on any atom is -0.461 e. The van der Waals surface area contributed by atoms with E-state index >= 15 is 0 Å². The average molecular weight is 687 g/mol. The molecule has 250 valence electrons. The van der Waals surface area contributed by atoms with Gasteiger partial charge in [-0.15, -0.1) is 0 Å². The Morgan fingerprint density at radius 3 is 2.77 bits per heavy atom. The second kappa shape index (κ2) is 10.9. The van der Waals surface area contributed by atoms with E-state index in [1.54, 1.807) is 12.1 Å². The monoisotopic (exact) mass is 686 g/mol. The number of hydrogen-bond acceptors (Lipinski definition) is 12. The predicted molar refractivity (Wildman–Crippen MR) is 173 cm³/mol. The van der Waals surface area contributed by atoms with Gasteiger partial charge in [0.25, 0.3) is 10.0 Å². The number of fused-ring (bicyclic) bond motifs is 5. The SMILES string of the molecule is Nc1nc2c(C3=Cc4nc(OC[C@@]56CCCN5C[C@H](F)C6)nc(N5C6CNCC5COC6)c4S(=O)(=O)N3CC3CC3)ccc(F)c2s1. The summed E-state index contributed by atoms with van der Waals surface area (Å²) in [6.45, 7) is 3.72. The Hall–Kier alpha value is -3.18. The smallest absolute Gasteiger partial charge is 0.319 e. The molecule has 12 nitrogen and oxygen atoms in total. The first kappa shape index (κ1) is 29.9. The summed E-state index contributed by atoms with van der Waals surface area (Å²) < 4.78 is 73.2. The van der Waals surface area contributed by atoms with E-state index in [-0.39, 0.29) is 57.6 Å². The molecule has 0 radical (unpaired) electrons. The molecule has 16 heteroatoms. The van der Waals surface area contributed by atoms with Crippen LogP contribution in [0.1, 0.15) is 43.4 Å². The van der Waals surface area contributed by atoms with Gasteiger partial charge in [0.1, 0.15) is 18.6 Å². The van der Waals surface area contributed by atoms with E-state index in [9.17, 15) is 17.2 Å². The lowest BCUT2D eigenvalue weighted by molar-refractivity contribution is 0.0516. The fourth-order valence-electron chi connectivity index (χ4n) is 8.13. The number of nitrogen functional groups attached to an aromatic ring is 1. The van der Waals surface area contributed by atoms with Gasteiger partial charge in [0, 0.05) is 38.2 Å². The summed E-state index contributed by atoms with van der Waals surface area (Å²) in [5.41, 5.74) is 6.90. The Labute approximate surface area is 275 Å². The van der Waals surface area contributed by atoms with Crippen LogP contribution < -0.4 is 20.7 Å². The first-order chi connectivity index (χ1) is 22.7. The molecule has 2 bridgehead atoms. The van der Waals surface area contributed by atoms with Crippen LogP contribution >= 0.6 is 11.3 Å². The summed E-state index contributed by atoms with van der Waals surface area (Å²) in [6, 6.07) is 2.63. The van der Waals surface area contributed by atoms with Crippen molar-refractivity contribution < 1.29 is 26.7 Å². The van der Waals surface area contributed by atoms with Crippen molar-refractivity contribution in [2.45, 2.75) is 60.8 Å². The highest BCUT2D eigenvalue weighted by Gasteiger charge is 2.50. The van der Waals surface area contributed by atoms with Crippen LogP contribution in [0.3, 0.4) is 0 Å². The highest BCUT2D eigenvalue weighted by Crippen LogP contribution is 2.46. The molecule has 5 fully saturated rings. The zero-order chi connectivity index (χ0) is 32.1. The van der Waals surface area contributed by atoms with Crippen LogP contribution in [0, 0.1) is 11.7 Å². The van der Waals surface area contributed by atoms with Crippen molar-refractivity contribution in [3.8, 4) is 6.01 Å². The highest BCUT2D eigenvalue weighted by molar-refractivity contribution is 7.89. The number of ether oxygens (including phenoxy) is 2. The van der Waals surface area contributed by atoms with Gasteiger partial charge in [0.05, 0.1) is 52.4 Å². The lowest BCUT2D eigenvalue weighted by Crippen LogP contribution is -2.64. The molecule has 5 aliphatic heterocycles. The van der Waals surface area contributed by atoms with Gasteiger partial charge in [-0.25, -0.2) is 22.2 Å². The normalized spacial score (nSPS) is 30.0. The summed E-state index contributed by atoms with van der Waals surface area (Å²) in [5, 5.41) is 3.62. The number of rotatable bonds is 7. The molecule has 9 rings (SSSR count). The molecule has 7 heterocycles. The second-order valence-corrected chi connectivity index (χ2v) is 16.5. The third kappa shape index (κ3) is 4.89. The molecule has 4 saturated heterocycles. The number of thiazole rings is 1. The number of anilines is 2. The molecule has 4 atom stereocenters. The quantitative estimate of drug-likeness (QED) is 0.380. The van der Waals surface area contributed by atoms with Crippen molar-refractivity contribution in [3.63, 3.8) is 0 Å². The van der Waals surface area contributed by atoms with E-state index in [0.717, 1.165) is 43.6 Å². The standard InChI is InChI=1S/C31H36F2N8O4S2/c32-18-9-31(6-1-7-39(31)13-18)16-45-30-36-23-8-24(21-4-5-22(33)26-25(21)37-29(34)46-26)40(12-17-2-3-17)47(42,43)27(23)28(38-30)41-19-10-35-11-20(41)15-44-14-19/h4-5,8,17-20,35H,1-3,6-7,9-16H2,(H2,34,37)/t18-,19?,20?,31+/m1/s1. The average Bonchev–Trinajstić information content (AvgIpc) is 3.51. The van der Waals surface area contributed by atoms with Crippen LogP contribution in [0.4, 0.5) is 19.7 Å². The van der Waals surface area contributed by atoms with E-state index in [0.29, 0.717) is 61.9 Å². The number of piperazine rings is 1. The zero-order valence-electron chi connectivity index (χ0n) is 25.7. The van der Waals surface area contributed by atoms with Crippen molar-refractivity contribution in [2.24, 2.45) is 5.92 Å². The Bertz CT molecular complexity index is 1880. The molecule has 1 aromatic carbocycles. The third-order valence-corrected chi connectivity index (χ3v) is 13.2. The molecular formula is C31H36F2N8O4S2. The van der Waals surface area contributed by atoms with Crippen LogP contribution in [0.2, 0.25) is 0 Å². The van der Waals surface area contributed by atoms with Gasteiger partial charge in [-0.2, -0.15) is 9.97 Å². The lowest BCUT2D eigenvalue weighted by atomic mass is 9.95. The number of sulfonamides is 1. The van der Waals surface area contributed by atoms with Crippen molar-refractivity contribution >= 4 is 54.3 Å². The van der Waals surface area contributed by atoms with Crippen molar-refractivity contribution in [3.05, 3.63) is 29.2 Å². The van der Waals surface area contributed by atoms with Crippen LogP contribution in [0.15, 0.2) is 17.0 Å². The minimum atomic E-state index is -4.21. The van der Waals surface area contributed by atoms with Crippen molar-refractivity contribution in [1.29, 1.82) is 0 Å². The predicted octanol–water partition coefficient (Wildman–Crippen LogP) is 2.85. The van der Waals surface area contributed by atoms with E-state index in [2.05, 4.69) is 20.1 Å². The summed E-state index contributed by atoms with van der Waals surface area (Å²) in [6.07, 6.45) is 4.82. The van der Waals surface area contributed by atoms with Gasteiger partial charge in [-0.1, -0.05) is 11.3 Å². The van der Waals surface area contributed by atoms with Crippen LogP contribution in [0.25, 0.3) is 22.0 Å². The van der Waals surface area contributed by atoms with E-state index in [1.165, 1.54) is 10.4 Å². The Kier molecular flexibility index (Phi) is 6.95. The van der Waals surface area contributed by atoms with Gasteiger partial charge in [0.15, 0.2) is 15.8 Å². The van der Waals surface area contributed by atoms with E-state index in [4.69, 9.17) is 25.2 Å². The fourth-order valence-corrected chi connectivity index (χ4v) is 10.7. The van der Waals surface area contributed by atoms with Gasteiger partial charge in [0.2, 0.25) is 0 Å². The maximum absolute atomic E-state index is 14.9.